The topological polar surface area (TPSA) is 23.8 Å². The zero-order valence-electron chi connectivity index (χ0n) is 7.05. The second-order valence-electron chi connectivity index (χ2n) is 2.80. The van der Waals surface area contributed by atoms with Crippen LogP contribution in [0.3, 0.4) is 0 Å². The molecule has 0 atom stereocenters. The summed E-state index contributed by atoms with van der Waals surface area (Å²) in [6, 6.07) is 5.83. The lowest BCUT2D eigenvalue weighted by atomic mass is 10.1. The van der Waals surface area contributed by atoms with E-state index in [0.717, 1.165) is 15.6 Å². The molecular weight excluding hydrogens is 237 g/mol. The molecule has 70 valence electrons. The molecule has 0 unspecified atom stereocenters. The molecule has 0 aliphatic rings. The number of hydrogen-bond donors (Lipinski definition) is 0. The molecule has 0 saturated carbocycles. The van der Waals surface area contributed by atoms with Gasteiger partial charge in [-0.3, -0.25) is 0 Å². The minimum Gasteiger partial charge on any atom is -0.192 e. The van der Waals surface area contributed by atoms with Crippen LogP contribution in [0.4, 0.5) is 0 Å². The predicted octanol–water partition coefficient (Wildman–Crippen LogP) is 4.17. The second kappa shape index (κ2) is 3.78. The number of rotatable bonds is 1. The van der Waals surface area contributed by atoms with Gasteiger partial charge in [0.2, 0.25) is 0 Å². The van der Waals surface area contributed by atoms with E-state index >= 15 is 0 Å². The van der Waals surface area contributed by atoms with Crippen LogP contribution in [0, 0.1) is 11.3 Å². The number of hydrogen-bond acceptors (Lipinski definition) is 2. The highest BCUT2D eigenvalue weighted by molar-refractivity contribution is 7.17. The summed E-state index contributed by atoms with van der Waals surface area (Å²) < 4.78 is 1.07. The lowest BCUT2D eigenvalue weighted by molar-refractivity contribution is 1.43. The Morgan fingerprint density at radius 3 is 2.93 bits per heavy atom. The van der Waals surface area contributed by atoms with Gasteiger partial charge in [-0.05, 0) is 22.9 Å². The summed E-state index contributed by atoms with van der Waals surface area (Å²) in [7, 11) is 0. The molecule has 14 heavy (non-hydrogen) atoms. The monoisotopic (exact) mass is 241 g/mol. The molecule has 2 rings (SSSR count). The number of fused-ring (bicyclic) bond motifs is 1. The summed E-state index contributed by atoms with van der Waals surface area (Å²) in [5.41, 5.74) is 1.35. The van der Waals surface area contributed by atoms with E-state index in [1.807, 2.05) is 11.4 Å². The first-order chi connectivity index (χ1) is 6.77. The van der Waals surface area contributed by atoms with Crippen molar-refractivity contribution in [3.05, 3.63) is 33.7 Å². The van der Waals surface area contributed by atoms with E-state index in [1.165, 1.54) is 0 Å². The van der Waals surface area contributed by atoms with Gasteiger partial charge >= 0.3 is 0 Å². The Balaban J connectivity index is 2.89. The molecule has 0 amide bonds. The van der Waals surface area contributed by atoms with Crippen LogP contribution in [0.1, 0.15) is 11.1 Å². The van der Waals surface area contributed by atoms with Gasteiger partial charge in [-0.15, -0.1) is 22.9 Å². The third kappa shape index (κ3) is 1.38. The van der Waals surface area contributed by atoms with Crippen molar-refractivity contribution in [3.8, 4) is 6.07 Å². The first kappa shape index (κ1) is 9.79. The van der Waals surface area contributed by atoms with Gasteiger partial charge < -0.3 is 0 Å². The molecule has 1 aromatic heterocycles. The molecule has 0 aliphatic heterocycles. The lowest BCUT2D eigenvalue weighted by Gasteiger charge is -2.03. The summed E-state index contributed by atoms with van der Waals surface area (Å²) in [5, 5.41) is 12.3. The summed E-state index contributed by atoms with van der Waals surface area (Å²) in [4.78, 5) is 0. The molecule has 0 aliphatic carbocycles. The maximum Gasteiger partial charge on any atom is 0.101 e. The fourth-order valence-corrected chi connectivity index (χ4v) is 3.02. The number of alkyl halides is 1. The first-order valence-electron chi connectivity index (χ1n) is 3.92. The van der Waals surface area contributed by atoms with Crippen LogP contribution >= 0.6 is 34.5 Å². The average Bonchev–Trinajstić information content (AvgIpc) is 2.64. The number of nitrogens with zero attached hydrogens (tertiary/aromatic N) is 1. The van der Waals surface area contributed by atoms with Crippen LogP contribution in [0.15, 0.2) is 17.5 Å². The molecule has 4 heteroatoms. The van der Waals surface area contributed by atoms with Gasteiger partial charge in [0.1, 0.15) is 6.07 Å². The van der Waals surface area contributed by atoms with Gasteiger partial charge in [0.05, 0.1) is 16.5 Å². The van der Waals surface area contributed by atoms with Crippen LogP contribution in [0.5, 0.6) is 0 Å². The third-order valence-electron chi connectivity index (χ3n) is 2.03. The Morgan fingerprint density at radius 1 is 1.50 bits per heavy atom. The number of nitriles is 1. The van der Waals surface area contributed by atoms with Crippen molar-refractivity contribution in [2.45, 2.75) is 5.88 Å². The fourth-order valence-electron chi connectivity index (χ4n) is 1.36. The second-order valence-corrected chi connectivity index (χ2v) is 4.36. The van der Waals surface area contributed by atoms with E-state index in [0.29, 0.717) is 16.5 Å². The van der Waals surface area contributed by atoms with E-state index < -0.39 is 0 Å². The Hall–Kier alpha value is -0.750. The van der Waals surface area contributed by atoms with Crippen molar-refractivity contribution >= 4 is 44.6 Å². The molecule has 0 saturated heterocycles. The quantitative estimate of drug-likeness (QED) is 0.688. The zero-order chi connectivity index (χ0) is 10.1. The number of halogens is 2. The molecular formula is C10H5Cl2NS. The van der Waals surface area contributed by atoms with Crippen molar-refractivity contribution in [3.63, 3.8) is 0 Å². The van der Waals surface area contributed by atoms with Crippen LogP contribution in [0.25, 0.3) is 10.1 Å². The van der Waals surface area contributed by atoms with Crippen LogP contribution in [-0.2, 0) is 5.88 Å². The van der Waals surface area contributed by atoms with E-state index in [-0.39, 0.29) is 0 Å². The Labute approximate surface area is 95.5 Å². The molecule has 1 nitrogen and oxygen atoms in total. The van der Waals surface area contributed by atoms with Gasteiger partial charge in [-0.1, -0.05) is 11.6 Å². The SMILES string of the molecule is N#Cc1cc2ccsc2c(CCl)c1Cl. The summed E-state index contributed by atoms with van der Waals surface area (Å²) >= 11 is 13.4. The van der Waals surface area contributed by atoms with Crippen LogP contribution in [-0.4, -0.2) is 0 Å². The Kier molecular flexibility index (Phi) is 2.64. The number of thiophene rings is 1. The van der Waals surface area contributed by atoms with Crippen molar-refractivity contribution < 1.29 is 0 Å². The van der Waals surface area contributed by atoms with Crippen molar-refractivity contribution in [2.75, 3.05) is 0 Å². The van der Waals surface area contributed by atoms with E-state index in [1.54, 1.807) is 17.4 Å². The minimum atomic E-state index is 0.339. The highest BCUT2D eigenvalue weighted by Gasteiger charge is 2.11. The molecule has 2 aromatic rings. The normalized spacial score (nSPS) is 10.4. The van der Waals surface area contributed by atoms with E-state index in [9.17, 15) is 0 Å². The molecule has 1 heterocycles. The molecule has 0 spiro atoms. The van der Waals surface area contributed by atoms with E-state index in [2.05, 4.69) is 6.07 Å². The van der Waals surface area contributed by atoms with E-state index in [4.69, 9.17) is 28.5 Å². The van der Waals surface area contributed by atoms with Crippen LogP contribution in [0.2, 0.25) is 5.02 Å². The summed E-state index contributed by atoms with van der Waals surface area (Å²) in [6.07, 6.45) is 0. The first-order valence-corrected chi connectivity index (χ1v) is 5.71. The predicted molar refractivity (Wildman–Crippen MR) is 61.1 cm³/mol. The van der Waals surface area contributed by atoms with Crippen LogP contribution < -0.4 is 0 Å². The molecule has 0 fully saturated rings. The van der Waals surface area contributed by atoms with Gasteiger partial charge in [0.25, 0.3) is 0 Å². The molecule has 0 radical (unpaired) electrons. The number of benzene rings is 1. The molecule has 1 aromatic carbocycles. The fraction of sp³-hybridized carbons (Fsp3) is 0.100. The lowest BCUT2D eigenvalue weighted by Crippen LogP contribution is -1.85. The van der Waals surface area contributed by atoms with Gasteiger partial charge in [0.15, 0.2) is 0 Å². The Morgan fingerprint density at radius 2 is 2.29 bits per heavy atom. The van der Waals surface area contributed by atoms with Gasteiger partial charge in [-0.25, -0.2) is 0 Å². The maximum atomic E-state index is 8.86. The van der Waals surface area contributed by atoms with Crippen molar-refractivity contribution in [2.24, 2.45) is 0 Å². The van der Waals surface area contributed by atoms with Crippen molar-refractivity contribution in [1.29, 1.82) is 5.26 Å². The summed E-state index contributed by atoms with van der Waals surface area (Å²) in [6.45, 7) is 0. The maximum absolute atomic E-state index is 8.86. The highest BCUT2D eigenvalue weighted by atomic mass is 35.5. The zero-order valence-corrected chi connectivity index (χ0v) is 9.38. The summed E-state index contributed by atoms with van der Waals surface area (Å²) in [5.74, 6) is 0.339. The van der Waals surface area contributed by atoms with Gasteiger partial charge in [-0.2, -0.15) is 5.26 Å². The third-order valence-corrected chi connectivity index (χ3v) is 3.71. The highest BCUT2D eigenvalue weighted by Crippen LogP contribution is 2.34. The van der Waals surface area contributed by atoms with Crippen molar-refractivity contribution in [1.82, 2.24) is 0 Å². The standard InChI is InChI=1S/C10H5Cl2NS/c11-4-8-9(12)7(5-13)3-6-1-2-14-10(6)8/h1-3H,4H2. The Bertz CT molecular complexity index is 525. The smallest absolute Gasteiger partial charge is 0.101 e. The largest absolute Gasteiger partial charge is 0.192 e. The minimum absolute atomic E-state index is 0.339. The molecule has 0 N–H and O–H groups in total. The average molecular weight is 242 g/mol. The van der Waals surface area contributed by atoms with Gasteiger partial charge in [0, 0.05) is 10.3 Å². The molecule has 0 bridgehead atoms.